The van der Waals surface area contributed by atoms with E-state index in [1.165, 1.54) is 77.0 Å². The van der Waals surface area contributed by atoms with Gasteiger partial charge in [-0.15, -0.1) is 0 Å². The van der Waals surface area contributed by atoms with E-state index in [4.69, 9.17) is 0 Å². The molecule has 0 bridgehead atoms. The quantitative estimate of drug-likeness (QED) is 0.419. The fourth-order valence-corrected chi connectivity index (χ4v) is 2.59. The predicted octanol–water partition coefficient (Wildman–Crippen LogP) is 5.71. The number of rotatable bonds is 13. The van der Waals surface area contributed by atoms with Crippen molar-refractivity contribution in [2.45, 2.75) is 97.8 Å². The average Bonchev–Trinajstić information content (AvgIpc) is 2.39. The first kappa shape index (κ1) is 18.0. The van der Waals surface area contributed by atoms with Crippen molar-refractivity contribution in [3.8, 4) is 0 Å². The molecule has 0 saturated heterocycles. The van der Waals surface area contributed by atoms with Gasteiger partial charge in [-0.2, -0.15) is 0 Å². The lowest BCUT2D eigenvalue weighted by Gasteiger charge is -2.27. The lowest BCUT2D eigenvalue weighted by Crippen LogP contribution is -2.21. The molecule has 0 aliphatic rings. The molecule has 0 aliphatic heterocycles. The number of hydrogen-bond donors (Lipinski definition) is 1. The lowest BCUT2D eigenvalue weighted by molar-refractivity contribution is 0.116. The summed E-state index contributed by atoms with van der Waals surface area (Å²) in [6, 6.07) is 0. The minimum Gasteiger partial charge on any atom is -0.396 e. The Morgan fingerprint density at radius 1 is 0.667 bits per heavy atom. The van der Waals surface area contributed by atoms with Crippen molar-refractivity contribution < 1.29 is 5.11 Å². The van der Waals surface area contributed by atoms with Crippen LogP contribution >= 0.6 is 0 Å². The van der Waals surface area contributed by atoms with E-state index < -0.39 is 0 Å². The van der Waals surface area contributed by atoms with E-state index in [9.17, 15) is 5.11 Å². The molecule has 1 atom stereocenters. The van der Waals surface area contributed by atoms with Crippen LogP contribution in [0.2, 0.25) is 0 Å². The number of aliphatic hydroxyl groups is 1. The van der Waals surface area contributed by atoms with Gasteiger partial charge in [0.25, 0.3) is 0 Å². The van der Waals surface area contributed by atoms with Gasteiger partial charge >= 0.3 is 0 Å². The predicted molar refractivity (Wildman–Crippen MR) is 81.9 cm³/mol. The number of hydrogen-bond acceptors (Lipinski definition) is 1. The maximum atomic E-state index is 9.58. The molecule has 0 radical (unpaired) electrons. The highest BCUT2D eigenvalue weighted by molar-refractivity contribution is 4.73. The van der Waals surface area contributed by atoms with E-state index in [0.29, 0.717) is 6.61 Å². The Morgan fingerprint density at radius 2 is 1.06 bits per heavy atom. The second-order valence-corrected chi connectivity index (χ2v) is 6.30. The summed E-state index contributed by atoms with van der Waals surface area (Å²) in [7, 11) is 0. The van der Waals surface area contributed by atoms with Crippen LogP contribution in [0.15, 0.2) is 0 Å². The van der Waals surface area contributed by atoms with Crippen molar-refractivity contribution in [3.63, 3.8) is 0 Å². The van der Waals surface area contributed by atoms with Gasteiger partial charge in [-0.25, -0.2) is 0 Å². The first-order valence-electron chi connectivity index (χ1n) is 8.29. The summed E-state index contributed by atoms with van der Waals surface area (Å²) < 4.78 is 0. The van der Waals surface area contributed by atoms with Crippen LogP contribution < -0.4 is 0 Å². The highest BCUT2D eigenvalue weighted by atomic mass is 16.3. The second-order valence-electron chi connectivity index (χ2n) is 6.30. The zero-order valence-corrected chi connectivity index (χ0v) is 13.1. The molecule has 0 saturated carbocycles. The molecule has 0 spiro atoms. The SMILES string of the molecule is CCCCCCCCC(C)(CO)CCCCCC. The first-order chi connectivity index (χ1) is 8.68. The summed E-state index contributed by atoms with van der Waals surface area (Å²) in [6.07, 6.45) is 15.8. The third-order valence-corrected chi connectivity index (χ3v) is 4.15. The first-order valence-corrected chi connectivity index (χ1v) is 8.29. The average molecular weight is 256 g/mol. The van der Waals surface area contributed by atoms with Crippen LogP contribution in [0.3, 0.4) is 0 Å². The molecule has 0 fully saturated rings. The van der Waals surface area contributed by atoms with Crippen LogP contribution in [0.4, 0.5) is 0 Å². The lowest BCUT2D eigenvalue weighted by atomic mass is 9.80. The molecule has 0 aromatic heterocycles. The van der Waals surface area contributed by atoms with Crippen LogP contribution in [-0.4, -0.2) is 11.7 Å². The van der Waals surface area contributed by atoms with Crippen molar-refractivity contribution in [3.05, 3.63) is 0 Å². The summed E-state index contributed by atoms with van der Waals surface area (Å²) in [6.45, 7) is 7.15. The van der Waals surface area contributed by atoms with Gasteiger partial charge in [0, 0.05) is 6.61 Å². The Hall–Kier alpha value is -0.0400. The summed E-state index contributed by atoms with van der Waals surface area (Å²) in [5.41, 5.74) is 0.193. The molecule has 1 unspecified atom stereocenters. The smallest absolute Gasteiger partial charge is 0.0484 e. The van der Waals surface area contributed by atoms with Gasteiger partial charge in [-0.3, -0.25) is 0 Å². The van der Waals surface area contributed by atoms with E-state index in [1.54, 1.807) is 0 Å². The molecule has 0 amide bonds. The summed E-state index contributed by atoms with van der Waals surface area (Å²) in [5, 5.41) is 9.58. The van der Waals surface area contributed by atoms with Gasteiger partial charge in [-0.1, -0.05) is 85.0 Å². The zero-order chi connectivity index (χ0) is 13.7. The topological polar surface area (TPSA) is 20.2 Å². The molecule has 1 heteroatoms. The molecule has 1 nitrogen and oxygen atoms in total. The maximum absolute atomic E-state index is 9.58. The van der Waals surface area contributed by atoms with E-state index in [-0.39, 0.29) is 5.41 Å². The van der Waals surface area contributed by atoms with E-state index >= 15 is 0 Å². The fraction of sp³-hybridized carbons (Fsp3) is 1.00. The third kappa shape index (κ3) is 9.94. The molecular formula is C17H36O. The van der Waals surface area contributed by atoms with Crippen LogP contribution in [0, 0.1) is 5.41 Å². The molecule has 1 N–H and O–H groups in total. The van der Waals surface area contributed by atoms with Gasteiger partial charge in [0.2, 0.25) is 0 Å². The molecule has 0 aromatic carbocycles. The van der Waals surface area contributed by atoms with Gasteiger partial charge < -0.3 is 5.11 Å². The number of unbranched alkanes of at least 4 members (excludes halogenated alkanes) is 8. The number of aliphatic hydroxyl groups excluding tert-OH is 1. The van der Waals surface area contributed by atoms with Crippen LogP contribution in [-0.2, 0) is 0 Å². The van der Waals surface area contributed by atoms with Crippen molar-refractivity contribution in [1.29, 1.82) is 0 Å². The Bertz CT molecular complexity index is 167. The Kier molecular flexibility index (Phi) is 12.0. The van der Waals surface area contributed by atoms with Gasteiger partial charge in [-0.05, 0) is 18.3 Å². The van der Waals surface area contributed by atoms with E-state index in [0.717, 1.165) is 0 Å². The van der Waals surface area contributed by atoms with Crippen molar-refractivity contribution in [2.75, 3.05) is 6.61 Å². The van der Waals surface area contributed by atoms with Crippen molar-refractivity contribution in [1.82, 2.24) is 0 Å². The minimum absolute atomic E-state index is 0.193. The molecule has 0 aromatic rings. The van der Waals surface area contributed by atoms with Crippen LogP contribution in [0.25, 0.3) is 0 Å². The molecule has 0 rings (SSSR count). The Balaban J connectivity index is 3.58. The Morgan fingerprint density at radius 3 is 1.50 bits per heavy atom. The second kappa shape index (κ2) is 12.0. The maximum Gasteiger partial charge on any atom is 0.0484 e. The molecule has 0 heterocycles. The summed E-state index contributed by atoms with van der Waals surface area (Å²) in [5.74, 6) is 0. The monoisotopic (exact) mass is 256 g/mol. The van der Waals surface area contributed by atoms with Gasteiger partial charge in [0.05, 0.1) is 0 Å². The van der Waals surface area contributed by atoms with Gasteiger partial charge in [0.1, 0.15) is 0 Å². The Labute approximate surface area is 115 Å². The summed E-state index contributed by atoms with van der Waals surface area (Å²) in [4.78, 5) is 0. The highest BCUT2D eigenvalue weighted by Gasteiger charge is 2.21. The molecular weight excluding hydrogens is 220 g/mol. The molecule has 18 heavy (non-hydrogen) atoms. The third-order valence-electron chi connectivity index (χ3n) is 4.15. The van der Waals surface area contributed by atoms with Crippen molar-refractivity contribution >= 4 is 0 Å². The van der Waals surface area contributed by atoms with E-state index in [1.807, 2.05) is 0 Å². The van der Waals surface area contributed by atoms with Gasteiger partial charge in [0.15, 0.2) is 0 Å². The van der Waals surface area contributed by atoms with E-state index in [2.05, 4.69) is 20.8 Å². The van der Waals surface area contributed by atoms with Crippen molar-refractivity contribution in [2.24, 2.45) is 5.41 Å². The van der Waals surface area contributed by atoms with Crippen LogP contribution in [0.5, 0.6) is 0 Å². The molecule has 0 aliphatic carbocycles. The summed E-state index contributed by atoms with van der Waals surface area (Å²) >= 11 is 0. The zero-order valence-electron chi connectivity index (χ0n) is 13.1. The van der Waals surface area contributed by atoms with Crippen LogP contribution in [0.1, 0.15) is 97.8 Å². The normalized spacial score (nSPS) is 14.7. The minimum atomic E-state index is 0.193. The standard InChI is InChI=1S/C17H36O/c1-4-6-8-10-11-13-15-17(3,16-18)14-12-9-7-5-2/h18H,4-16H2,1-3H3. The highest BCUT2D eigenvalue weighted by Crippen LogP contribution is 2.30. The molecule has 110 valence electrons. The largest absolute Gasteiger partial charge is 0.396 e. The fourth-order valence-electron chi connectivity index (χ4n) is 2.59.